The first kappa shape index (κ1) is 23.7. The molecule has 0 bridgehead atoms. The molecule has 2 aromatic rings. The zero-order chi connectivity index (χ0) is 24.3. The van der Waals surface area contributed by atoms with E-state index in [1.807, 2.05) is 30.3 Å². The predicted molar refractivity (Wildman–Crippen MR) is 135 cm³/mol. The minimum absolute atomic E-state index is 0.0202. The van der Waals surface area contributed by atoms with Gasteiger partial charge in [-0.05, 0) is 56.5 Å². The molecule has 2 aliphatic heterocycles. The van der Waals surface area contributed by atoms with Crippen LogP contribution >= 0.6 is 0 Å². The average molecular weight is 474 g/mol. The molecule has 1 saturated heterocycles. The predicted octanol–water partition coefficient (Wildman–Crippen LogP) is 4.20. The van der Waals surface area contributed by atoms with Crippen LogP contribution in [0.25, 0.3) is 0 Å². The highest BCUT2D eigenvalue weighted by atomic mass is 16.2. The number of hydrogen-bond donors (Lipinski definition) is 1. The number of carbonyl (C=O) groups excluding carboxylic acids is 3. The Labute approximate surface area is 207 Å². The van der Waals surface area contributed by atoms with Crippen molar-refractivity contribution in [2.45, 2.75) is 69.4 Å². The molecule has 0 unspecified atom stereocenters. The number of nitrogens with zero attached hydrogens (tertiary/aromatic N) is 2. The van der Waals surface area contributed by atoms with Crippen molar-refractivity contribution in [2.75, 3.05) is 19.6 Å². The van der Waals surface area contributed by atoms with Crippen LogP contribution in [-0.4, -0.2) is 58.7 Å². The molecule has 5 rings (SSSR count). The SMILES string of the molecule is O=C(NCC1(N2CCCCC2)CCCCC1)[C@@H](Cc1ccccc1)N1C(=O)c2ccccc2C1=O. The molecule has 35 heavy (non-hydrogen) atoms. The molecular weight excluding hydrogens is 438 g/mol. The lowest BCUT2D eigenvalue weighted by Crippen LogP contribution is -2.60. The van der Waals surface area contributed by atoms with Crippen LogP contribution in [0.15, 0.2) is 54.6 Å². The van der Waals surface area contributed by atoms with E-state index in [2.05, 4.69) is 10.2 Å². The summed E-state index contributed by atoms with van der Waals surface area (Å²) in [5.41, 5.74) is 1.65. The maximum Gasteiger partial charge on any atom is 0.262 e. The number of rotatable bonds is 7. The van der Waals surface area contributed by atoms with Gasteiger partial charge in [0.2, 0.25) is 5.91 Å². The first-order chi connectivity index (χ1) is 17.1. The Balaban J connectivity index is 1.39. The van der Waals surface area contributed by atoms with Gasteiger partial charge >= 0.3 is 0 Å². The summed E-state index contributed by atoms with van der Waals surface area (Å²) < 4.78 is 0. The molecule has 2 aromatic carbocycles. The fraction of sp³-hybridized carbons (Fsp3) is 0.483. The lowest BCUT2D eigenvalue weighted by atomic mass is 9.79. The van der Waals surface area contributed by atoms with E-state index in [4.69, 9.17) is 0 Å². The maximum absolute atomic E-state index is 13.8. The van der Waals surface area contributed by atoms with Gasteiger partial charge in [0.25, 0.3) is 11.8 Å². The number of amides is 3. The first-order valence-electron chi connectivity index (χ1n) is 13.1. The van der Waals surface area contributed by atoms with Gasteiger partial charge in [0.15, 0.2) is 0 Å². The largest absolute Gasteiger partial charge is 0.352 e. The quantitative estimate of drug-likeness (QED) is 0.612. The molecule has 6 nitrogen and oxygen atoms in total. The third-order valence-electron chi connectivity index (χ3n) is 8.11. The molecule has 3 amide bonds. The Kier molecular flexibility index (Phi) is 7.00. The Morgan fingerprint density at radius 3 is 2.00 bits per heavy atom. The molecular formula is C29H35N3O3. The van der Waals surface area contributed by atoms with Gasteiger partial charge in [-0.15, -0.1) is 0 Å². The summed E-state index contributed by atoms with van der Waals surface area (Å²) in [4.78, 5) is 44.1. The summed E-state index contributed by atoms with van der Waals surface area (Å²) in [6.45, 7) is 2.74. The molecule has 3 aliphatic rings. The Hall–Kier alpha value is -2.99. The maximum atomic E-state index is 13.8. The number of benzene rings is 2. The summed E-state index contributed by atoms with van der Waals surface area (Å²) >= 11 is 0. The second kappa shape index (κ2) is 10.3. The van der Waals surface area contributed by atoms with E-state index < -0.39 is 6.04 Å². The van der Waals surface area contributed by atoms with Crippen LogP contribution in [-0.2, 0) is 11.2 Å². The first-order valence-corrected chi connectivity index (χ1v) is 13.1. The third-order valence-corrected chi connectivity index (χ3v) is 8.11. The van der Waals surface area contributed by atoms with E-state index in [0.29, 0.717) is 24.1 Å². The van der Waals surface area contributed by atoms with Gasteiger partial charge in [0.1, 0.15) is 6.04 Å². The number of imide groups is 1. The van der Waals surface area contributed by atoms with Gasteiger partial charge in [0.05, 0.1) is 11.1 Å². The van der Waals surface area contributed by atoms with E-state index in [1.165, 1.54) is 43.4 Å². The zero-order valence-electron chi connectivity index (χ0n) is 20.4. The molecule has 0 aromatic heterocycles. The molecule has 6 heteroatoms. The van der Waals surface area contributed by atoms with Crippen molar-refractivity contribution >= 4 is 17.7 Å². The van der Waals surface area contributed by atoms with Gasteiger partial charge < -0.3 is 5.32 Å². The van der Waals surface area contributed by atoms with Gasteiger partial charge in [-0.25, -0.2) is 0 Å². The van der Waals surface area contributed by atoms with Crippen molar-refractivity contribution in [2.24, 2.45) is 0 Å². The van der Waals surface area contributed by atoms with Gasteiger partial charge in [-0.1, -0.05) is 68.1 Å². The second-order valence-electron chi connectivity index (χ2n) is 10.3. The van der Waals surface area contributed by atoms with Crippen molar-refractivity contribution in [3.8, 4) is 0 Å². The highest BCUT2D eigenvalue weighted by Gasteiger charge is 2.44. The molecule has 0 spiro atoms. The molecule has 184 valence electrons. The Morgan fingerprint density at radius 1 is 0.800 bits per heavy atom. The van der Waals surface area contributed by atoms with E-state index in [1.54, 1.807) is 24.3 Å². The zero-order valence-corrected chi connectivity index (χ0v) is 20.4. The average Bonchev–Trinajstić information content (AvgIpc) is 3.17. The number of hydrogen-bond acceptors (Lipinski definition) is 4. The van der Waals surface area contributed by atoms with Crippen LogP contribution in [0.2, 0.25) is 0 Å². The number of piperidine rings is 1. The monoisotopic (exact) mass is 473 g/mol. The molecule has 1 aliphatic carbocycles. The smallest absolute Gasteiger partial charge is 0.262 e. The lowest BCUT2D eigenvalue weighted by Gasteiger charge is -2.48. The van der Waals surface area contributed by atoms with E-state index in [-0.39, 0.29) is 23.3 Å². The van der Waals surface area contributed by atoms with E-state index in [0.717, 1.165) is 31.5 Å². The van der Waals surface area contributed by atoms with Crippen LogP contribution in [0, 0.1) is 0 Å². The molecule has 0 radical (unpaired) electrons. The summed E-state index contributed by atoms with van der Waals surface area (Å²) in [6.07, 6.45) is 9.77. The van der Waals surface area contributed by atoms with Crippen molar-refractivity contribution in [1.82, 2.24) is 15.1 Å². The van der Waals surface area contributed by atoms with Crippen molar-refractivity contribution < 1.29 is 14.4 Å². The number of nitrogens with one attached hydrogen (secondary N) is 1. The molecule has 1 saturated carbocycles. The number of carbonyl (C=O) groups is 3. The third kappa shape index (κ3) is 4.76. The molecule has 1 atom stereocenters. The van der Waals surface area contributed by atoms with Crippen LogP contribution < -0.4 is 5.32 Å². The van der Waals surface area contributed by atoms with Crippen LogP contribution in [0.3, 0.4) is 0 Å². The van der Waals surface area contributed by atoms with E-state index >= 15 is 0 Å². The molecule has 1 N–H and O–H groups in total. The fourth-order valence-electron chi connectivity index (χ4n) is 6.18. The van der Waals surface area contributed by atoms with Crippen LogP contribution in [0.5, 0.6) is 0 Å². The summed E-state index contributed by atoms with van der Waals surface area (Å²) in [6, 6.07) is 15.6. The summed E-state index contributed by atoms with van der Waals surface area (Å²) in [5, 5.41) is 3.23. The number of fused-ring (bicyclic) bond motifs is 1. The fourth-order valence-corrected chi connectivity index (χ4v) is 6.18. The van der Waals surface area contributed by atoms with Crippen LogP contribution in [0.1, 0.15) is 77.6 Å². The minimum atomic E-state index is -0.883. The topological polar surface area (TPSA) is 69.7 Å². The molecule has 2 fully saturated rings. The van der Waals surface area contributed by atoms with Crippen LogP contribution in [0.4, 0.5) is 0 Å². The number of likely N-dealkylation sites (tertiary alicyclic amines) is 1. The van der Waals surface area contributed by atoms with Crippen molar-refractivity contribution in [1.29, 1.82) is 0 Å². The Morgan fingerprint density at radius 2 is 1.37 bits per heavy atom. The summed E-state index contributed by atoms with van der Waals surface area (Å²) in [7, 11) is 0. The summed E-state index contributed by atoms with van der Waals surface area (Å²) in [5.74, 6) is -1.01. The normalized spacial score (nSPS) is 21.0. The van der Waals surface area contributed by atoms with Gasteiger partial charge in [-0.3, -0.25) is 24.2 Å². The van der Waals surface area contributed by atoms with Gasteiger partial charge in [0, 0.05) is 18.5 Å². The molecule has 2 heterocycles. The van der Waals surface area contributed by atoms with Crippen molar-refractivity contribution in [3.05, 3.63) is 71.3 Å². The van der Waals surface area contributed by atoms with Gasteiger partial charge in [-0.2, -0.15) is 0 Å². The minimum Gasteiger partial charge on any atom is -0.352 e. The lowest BCUT2D eigenvalue weighted by molar-refractivity contribution is -0.126. The highest BCUT2D eigenvalue weighted by molar-refractivity contribution is 6.22. The second-order valence-corrected chi connectivity index (χ2v) is 10.3. The standard InChI is InChI=1S/C29H35N3O3/c33-26(30-21-29(16-8-2-9-17-29)31-18-10-3-11-19-31)25(20-22-12-4-1-5-13-22)32-27(34)23-14-6-7-15-24(23)28(32)35/h1,4-7,12-15,25H,2-3,8-11,16-21H2,(H,30,33)/t25-/m1/s1. The van der Waals surface area contributed by atoms with Crippen molar-refractivity contribution in [3.63, 3.8) is 0 Å². The van der Waals surface area contributed by atoms with E-state index in [9.17, 15) is 14.4 Å². The Bertz CT molecular complexity index is 1040. The highest BCUT2D eigenvalue weighted by Crippen LogP contribution is 2.35.